The quantitative estimate of drug-likeness (QED) is 0.426. The van der Waals surface area contributed by atoms with E-state index in [1.165, 1.54) is 11.3 Å². The molecule has 2 rings (SSSR count). The number of aromatic nitrogens is 1. The predicted octanol–water partition coefficient (Wildman–Crippen LogP) is 3.77. The average Bonchev–Trinajstić information content (AvgIpc) is 2.98. The Morgan fingerprint density at radius 2 is 2.29 bits per heavy atom. The summed E-state index contributed by atoms with van der Waals surface area (Å²) in [5.41, 5.74) is 5.44. The number of anilines is 1. The van der Waals surface area contributed by atoms with Crippen molar-refractivity contribution in [3.63, 3.8) is 0 Å². The first-order valence-electron chi connectivity index (χ1n) is 7.26. The molecule has 0 spiro atoms. The predicted molar refractivity (Wildman–Crippen MR) is 99.1 cm³/mol. The molecule has 8 heteroatoms. The van der Waals surface area contributed by atoms with Crippen LogP contribution in [-0.2, 0) is 16.0 Å². The van der Waals surface area contributed by atoms with E-state index in [1.807, 2.05) is 19.1 Å². The number of methoxy groups -OCH3 is 1. The van der Waals surface area contributed by atoms with E-state index >= 15 is 0 Å². The Labute approximate surface area is 153 Å². The van der Waals surface area contributed by atoms with Crippen LogP contribution >= 0.6 is 27.3 Å². The number of nitrogens with one attached hydrogen (secondary N) is 1. The highest BCUT2D eigenvalue weighted by molar-refractivity contribution is 9.10. The van der Waals surface area contributed by atoms with E-state index < -0.39 is 0 Å². The minimum atomic E-state index is -0.285. The maximum absolute atomic E-state index is 11.4. The zero-order valence-corrected chi connectivity index (χ0v) is 16.0. The fourth-order valence-corrected chi connectivity index (χ4v) is 2.92. The van der Waals surface area contributed by atoms with E-state index in [1.54, 1.807) is 25.6 Å². The number of hydrogen-bond donors (Lipinski definition) is 1. The molecule has 0 saturated heterocycles. The monoisotopic (exact) mass is 411 g/mol. The maximum atomic E-state index is 11.4. The number of carbonyl (C=O) groups excluding carboxylic acids is 1. The highest BCUT2D eigenvalue weighted by atomic mass is 79.9. The van der Waals surface area contributed by atoms with Crippen molar-refractivity contribution in [3.8, 4) is 5.75 Å². The van der Waals surface area contributed by atoms with Crippen LogP contribution in [0.3, 0.4) is 0 Å². The molecule has 24 heavy (non-hydrogen) atoms. The third kappa shape index (κ3) is 5.04. The number of aryl methyl sites for hydroxylation is 1. The SMILES string of the molecule is CCOC(=O)Cc1csc(NN=Cc2cc(Br)c(C)cc2OC)n1. The number of hydrazone groups is 1. The molecule has 0 aliphatic heterocycles. The fourth-order valence-electron chi connectivity index (χ4n) is 1.90. The summed E-state index contributed by atoms with van der Waals surface area (Å²) in [5.74, 6) is 0.454. The molecule has 0 amide bonds. The molecule has 2 aromatic rings. The molecule has 1 heterocycles. The maximum Gasteiger partial charge on any atom is 0.311 e. The van der Waals surface area contributed by atoms with Gasteiger partial charge in [0.15, 0.2) is 0 Å². The molecule has 1 aromatic carbocycles. The number of halogens is 1. The van der Waals surface area contributed by atoms with E-state index in [0.717, 1.165) is 21.3 Å². The Balaban J connectivity index is 2.01. The number of ether oxygens (including phenoxy) is 2. The van der Waals surface area contributed by atoms with Gasteiger partial charge in [-0.25, -0.2) is 4.98 Å². The van der Waals surface area contributed by atoms with Crippen LogP contribution in [0.4, 0.5) is 5.13 Å². The van der Waals surface area contributed by atoms with Gasteiger partial charge in [-0.1, -0.05) is 15.9 Å². The molecule has 0 bridgehead atoms. The van der Waals surface area contributed by atoms with Gasteiger partial charge in [0.05, 0.1) is 32.0 Å². The van der Waals surface area contributed by atoms with Crippen LogP contribution in [0.5, 0.6) is 5.75 Å². The Kier molecular flexibility index (Phi) is 6.74. The van der Waals surface area contributed by atoms with Gasteiger partial charge < -0.3 is 9.47 Å². The number of carbonyl (C=O) groups is 1. The topological polar surface area (TPSA) is 72.8 Å². The number of esters is 1. The lowest BCUT2D eigenvalue weighted by Crippen LogP contribution is -2.07. The zero-order chi connectivity index (χ0) is 17.5. The van der Waals surface area contributed by atoms with Crippen LogP contribution in [-0.4, -0.2) is 30.9 Å². The Morgan fingerprint density at radius 1 is 1.50 bits per heavy atom. The summed E-state index contributed by atoms with van der Waals surface area (Å²) in [7, 11) is 1.62. The molecule has 0 radical (unpaired) electrons. The molecule has 1 aromatic heterocycles. The number of rotatable bonds is 7. The Hall–Kier alpha value is -1.93. The first kappa shape index (κ1) is 18.4. The summed E-state index contributed by atoms with van der Waals surface area (Å²) in [6.07, 6.45) is 1.82. The largest absolute Gasteiger partial charge is 0.496 e. The van der Waals surface area contributed by atoms with Crippen LogP contribution < -0.4 is 10.2 Å². The van der Waals surface area contributed by atoms with Crippen molar-refractivity contribution in [1.29, 1.82) is 0 Å². The molecule has 128 valence electrons. The molecule has 1 N–H and O–H groups in total. The van der Waals surface area contributed by atoms with E-state index in [0.29, 0.717) is 17.4 Å². The van der Waals surface area contributed by atoms with Crippen molar-refractivity contribution >= 4 is 44.6 Å². The standard InChI is InChI=1S/C16H18BrN3O3S/c1-4-23-15(21)7-12-9-24-16(19-12)20-18-8-11-6-13(17)10(2)5-14(11)22-3/h5-6,8-9H,4,7H2,1-3H3,(H,19,20). The molecular formula is C16H18BrN3O3S. The minimum absolute atomic E-state index is 0.161. The Bertz CT molecular complexity index is 746. The van der Waals surface area contributed by atoms with Gasteiger partial charge in [-0.3, -0.25) is 10.2 Å². The highest BCUT2D eigenvalue weighted by Crippen LogP contribution is 2.25. The lowest BCUT2D eigenvalue weighted by atomic mass is 10.1. The highest BCUT2D eigenvalue weighted by Gasteiger charge is 2.08. The molecule has 6 nitrogen and oxygen atoms in total. The number of benzene rings is 1. The van der Waals surface area contributed by atoms with Gasteiger partial charge in [0.1, 0.15) is 5.75 Å². The van der Waals surface area contributed by atoms with Crippen LogP contribution in [0.15, 0.2) is 27.1 Å². The second-order valence-electron chi connectivity index (χ2n) is 4.84. The first-order chi connectivity index (χ1) is 11.5. The third-order valence-electron chi connectivity index (χ3n) is 3.06. The van der Waals surface area contributed by atoms with Gasteiger partial charge in [-0.05, 0) is 31.5 Å². The van der Waals surface area contributed by atoms with Crippen molar-refractivity contribution in [1.82, 2.24) is 4.98 Å². The summed E-state index contributed by atoms with van der Waals surface area (Å²) in [5, 5.41) is 6.59. The molecule has 0 aliphatic carbocycles. The number of nitrogens with zero attached hydrogens (tertiary/aromatic N) is 2. The van der Waals surface area contributed by atoms with E-state index in [9.17, 15) is 4.79 Å². The van der Waals surface area contributed by atoms with Crippen molar-refractivity contribution in [2.45, 2.75) is 20.3 Å². The van der Waals surface area contributed by atoms with Crippen LogP contribution in [0.1, 0.15) is 23.7 Å². The Morgan fingerprint density at radius 3 is 3.00 bits per heavy atom. The van der Waals surface area contributed by atoms with Crippen LogP contribution in [0, 0.1) is 6.92 Å². The second-order valence-corrected chi connectivity index (χ2v) is 6.55. The van der Waals surface area contributed by atoms with Gasteiger partial charge in [0, 0.05) is 15.4 Å². The second kappa shape index (κ2) is 8.79. The van der Waals surface area contributed by atoms with E-state index in [2.05, 4.69) is 31.4 Å². The van der Waals surface area contributed by atoms with Gasteiger partial charge in [-0.15, -0.1) is 11.3 Å². The summed E-state index contributed by atoms with van der Waals surface area (Å²) >= 11 is 4.87. The molecule has 0 atom stereocenters. The third-order valence-corrected chi connectivity index (χ3v) is 4.71. The first-order valence-corrected chi connectivity index (χ1v) is 8.94. The number of hydrogen-bond acceptors (Lipinski definition) is 7. The van der Waals surface area contributed by atoms with Gasteiger partial charge in [-0.2, -0.15) is 5.10 Å². The van der Waals surface area contributed by atoms with E-state index in [-0.39, 0.29) is 12.4 Å². The smallest absolute Gasteiger partial charge is 0.311 e. The van der Waals surface area contributed by atoms with Crippen LogP contribution in [0.2, 0.25) is 0 Å². The lowest BCUT2D eigenvalue weighted by Gasteiger charge is -2.07. The van der Waals surface area contributed by atoms with Gasteiger partial charge in [0.25, 0.3) is 0 Å². The number of thiazole rings is 1. The zero-order valence-electron chi connectivity index (χ0n) is 13.6. The van der Waals surface area contributed by atoms with Crippen LogP contribution in [0.25, 0.3) is 0 Å². The van der Waals surface area contributed by atoms with Crippen molar-refractivity contribution in [2.24, 2.45) is 5.10 Å². The van der Waals surface area contributed by atoms with Gasteiger partial charge in [0.2, 0.25) is 5.13 Å². The summed E-state index contributed by atoms with van der Waals surface area (Å²) in [6, 6.07) is 3.87. The molecule has 0 saturated carbocycles. The molecular weight excluding hydrogens is 394 g/mol. The minimum Gasteiger partial charge on any atom is -0.496 e. The van der Waals surface area contributed by atoms with Crippen molar-refractivity contribution < 1.29 is 14.3 Å². The normalized spacial score (nSPS) is 10.8. The average molecular weight is 412 g/mol. The summed E-state index contributed by atoms with van der Waals surface area (Å²) < 4.78 is 11.2. The molecule has 0 unspecified atom stereocenters. The van der Waals surface area contributed by atoms with Crippen molar-refractivity contribution in [2.75, 3.05) is 19.1 Å². The van der Waals surface area contributed by atoms with Crippen molar-refractivity contribution in [3.05, 3.63) is 38.8 Å². The fraction of sp³-hybridized carbons (Fsp3) is 0.312. The van der Waals surface area contributed by atoms with E-state index in [4.69, 9.17) is 9.47 Å². The van der Waals surface area contributed by atoms with Gasteiger partial charge >= 0.3 is 5.97 Å². The summed E-state index contributed by atoms with van der Waals surface area (Å²) in [6.45, 7) is 4.14. The lowest BCUT2D eigenvalue weighted by molar-refractivity contribution is -0.142. The molecule has 0 aliphatic rings. The molecule has 0 fully saturated rings. The summed E-state index contributed by atoms with van der Waals surface area (Å²) in [4.78, 5) is 15.7.